The van der Waals surface area contributed by atoms with Crippen LogP contribution in [-0.2, 0) is 0 Å². The molecule has 6 nitrogen and oxygen atoms in total. The van der Waals surface area contributed by atoms with E-state index >= 15 is 0 Å². The first kappa shape index (κ1) is 13.3. The molecule has 0 spiro atoms. The summed E-state index contributed by atoms with van der Waals surface area (Å²) in [5.41, 5.74) is 0.550. The van der Waals surface area contributed by atoms with Crippen molar-refractivity contribution in [3.63, 3.8) is 0 Å². The molecule has 1 aliphatic heterocycles. The summed E-state index contributed by atoms with van der Waals surface area (Å²) < 4.78 is 0. The van der Waals surface area contributed by atoms with Gasteiger partial charge in [-0.25, -0.2) is 0 Å². The standard InChI is InChI=1S/C12H17NO5/c14-6-8-9(15)10(16)11(17)12(18)13(8)7-4-2-1-3-5-7/h1-5,8-12,14-18H,6H2/t8-,9-,10+,11-,12?/m1/s1. The first-order chi connectivity index (χ1) is 8.57. The van der Waals surface area contributed by atoms with E-state index in [0.29, 0.717) is 5.69 Å². The molecule has 0 aromatic heterocycles. The fraction of sp³-hybridized carbons (Fsp3) is 0.500. The van der Waals surface area contributed by atoms with Gasteiger partial charge in [0.2, 0.25) is 0 Å². The normalized spacial score (nSPS) is 36.7. The molecule has 1 heterocycles. The first-order valence-corrected chi connectivity index (χ1v) is 5.74. The molecule has 100 valence electrons. The van der Waals surface area contributed by atoms with Crippen molar-refractivity contribution >= 4 is 5.69 Å². The predicted molar refractivity (Wildman–Crippen MR) is 63.8 cm³/mol. The van der Waals surface area contributed by atoms with Crippen LogP contribution in [0.2, 0.25) is 0 Å². The van der Waals surface area contributed by atoms with Crippen molar-refractivity contribution < 1.29 is 25.5 Å². The molecular weight excluding hydrogens is 238 g/mol. The molecule has 0 aliphatic carbocycles. The van der Waals surface area contributed by atoms with Gasteiger partial charge < -0.3 is 30.4 Å². The molecule has 0 amide bonds. The number of para-hydroxylation sites is 1. The van der Waals surface area contributed by atoms with E-state index in [1.165, 1.54) is 4.90 Å². The molecule has 0 bridgehead atoms. The van der Waals surface area contributed by atoms with Crippen molar-refractivity contribution in [2.45, 2.75) is 30.6 Å². The molecule has 2 rings (SSSR count). The van der Waals surface area contributed by atoms with Gasteiger partial charge in [0.1, 0.15) is 18.3 Å². The summed E-state index contributed by atoms with van der Waals surface area (Å²) in [5, 5.41) is 48.4. The zero-order chi connectivity index (χ0) is 13.3. The Kier molecular flexibility index (Phi) is 3.84. The molecule has 5 atom stereocenters. The van der Waals surface area contributed by atoms with E-state index in [-0.39, 0.29) is 0 Å². The number of hydrogen-bond donors (Lipinski definition) is 5. The summed E-state index contributed by atoms with van der Waals surface area (Å²) in [6, 6.07) is 7.75. The smallest absolute Gasteiger partial charge is 0.156 e. The third-order valence-corrected chi connectivity index (χ3v) is 3.28. The first-order valence-electron chi connectivity index (χ1n) is 5.74. The zero-order valence-electron chi connectivity index (χ0n) is 9.66. The van der Waals surface area contributed by atoms with Crippen LogP contribution in [0.5, 0.6) is 0 Å². The van der Waals surface area contributed by atoms with Crippen LogP contribution in [0.25, 0.3) is 0 Å². The Hall–Kier alpha value is -1.18. The lowest BCUT2D eigenvalue weighted by atomic mass is 9.92. The number of aliphatic hydroxyl groups is 5. The van der Waals surface area contributed by atoms with Crippen molar-refractivity contribution in [2.24, 2.45) is 0 Å². The maximum Gasteiger partial charge on any atom is 0.156 e. The highest BCUT2D eigenvalue weighted by Gasteiger charge is 2.46. The highest BCUT2D eigenvalue weighted by atomic mass is 16.4. The minimum atomic E-state index is -1.50. The summed E-state index contributed by atoms with van der Waals surface area (Å²) in [6.45, 7) is -0.448. The van der Waals surface area contributed by atoms with E-state index in [9.17, 15) is 25.5 Å². The molecule has 0 radical (unpaired) electrons. The Balaban J connectivity index is 2.36. The van der Waals surface area contributed by atoms with Crippen molar-refractivity contribution in [1.82, 2.24) is 0 Å². The quantitative estimate of drug-likeness (QED) is 0.430. The molecule has 1 aromatic rings. The molecule has 0 saturated carbocycles. The van der Waals surface area contributed by atoms with E-state index in [4.69, 9.17) is 0 Å². The van der Waals surface area contributed by atoms with Gasteiger partial charge in [0.15, 0.2) is 6.23 Å². The van der Waals surface area contributed by atoms with Gasteiger partial charge >= 0.3 is 0 Å². The summed E-state index contributed by atoms with van der Waals surface area (Å²) in [6.07, 6.45) is -5.71. The number of hydrogen-bond acceptors (Lipinski definition) is 6. The lowest BCUT2D eigenvalue weighted by molar-refractivity contribution is -0.145. The van der Waals surface area contributed by atoms with E-state index in [2.05, 4.69) is 0 Å². The fourth-order valence-electron chi connectivity index (χ4n) is 2.27. The molecule has 1 saturated heterocycles. The molecule has 1 unspecified atom stereocenters. The highest BCUT2D eigenvalue weighted by Crippen LogP contribution is 2.28. The molecule has 1 aromatic carbocycles. The second-order valence-corrected chi connectivity index (χ2v) is 4.38. The van der Waals surface area contributed by atoms with Gasteiger partial charge in [0.25, 0.3) is 0 Å². The van der Waals surface area contributed by atoms with Crippen LogP contribution >= 0.6 is 0 Å². The second kappa shape index (κ2) is 5.21. The largest absolute Gasteiger partial charge is 0.394 e. The average Bonchev–Trinajstić information content (AvgIpc) is 2.41. The van der Waals surface area contributed by atoms with Crippen LogP contribution in [0, 0.1) is 0 Å². The van der Waals surface area contributed by atoms with E-state index < -0.39 is 37.2 Å². The van der Waals surface area contributed by atoms with E-state index in [1.807, 2.05) is 0 Å². The van der Waals surface area contributed by atoms with Gasteiger partial charge in [0.05, 0.1) is 12.6 Å². The van der Waals surface area contributed by atoms with Gasteiger partial charge in [-0.1, -0.05) is 18.2 Å². The second-order valence-electron chi connectivity index (χ2n) is 4.38. The van der Waals surface area contributed by atoms with Crippen molar-refractivity contribution in [1.29, 1.82) is 0 Å². The van der Waals surface area contributed by atoms with Crippen molar-refractivity contribution in [2.75, 3.05) is 11.5 Å². The Morgan fingerprint density at radius 2 is 1.50 bits per heavy atom. The minimum Gasteiger partial charge on any atom is -0.394 e. The maximum absolute atomic E-state index is 9.97. The maximum atomic E-state index is 9.97. The van der Waals surface area contributed by atoms with Crippen molar-refractivity contribution in [3.05, 3.63) is 30.3 Å². The zero-order valence-corrected chi connectivity index (χ0v) is 9.66. The SMILES string of the molecule is OC[C@@H]1[C@@H](O)[C@H](O)[C@@H](O)C(O)N1c1ccccc1. The number of nitrogens with zero attached hydrogens (tertiary/aromatic N) is 1. The summed E-state index contributed by atoms with van der Waals surface area (Å²) >= 11 is 0. The third kappa shape index (κ3) is 2.09. The van der Waals surface area contributed by atoms with Gasteiger partial charge in [-0.3, -0.25) is 0 Å². The van der Waals surface area contributed by atoms with Crippen LogP contribution in [0.4, 0.5) is 5.69 Å². The Labute approximate surface area is 104 Å². The fourth-order valence-corrected chi connectivity index (χ4v) is 2.27. The van der Waals surface area contributed by atoms with Crippen LogP contribution in [0.15, 0.2) is 30.3 Å². The van der Waals surface area contributed by atoms with Crippen LogP contribution in [-0.4, -0.2) is 62.7 Å². The van der Waals surface area contributed by atoms with E-state index in [0.717, 1.165) is 0 Å². The molecular formula is C12H17NO5. The van der Waals surface area contributed by atoms with Crippen LogP contribution in [0.1, 0.15) is 0 Å². The van der Waals surface area contributed by atoms with Crippen LogP contribution < -0.4 is 4.90 Å². The molecule has 1 aliphatic rings. The Morgan fingerprint density at radius 3 is 2.06 bits per heavy atom. The highest BCUT2D eigenvalue weighted by molar-refractivity contribution is 5.49. The van der Waals surface area contributed by atoms with Crippen molar-refractivity contribution in [3.8, 4) is 0 Å². The summed E-state index contributed by atoms with van der Waals surface area (Å²) in [5.74, 6) is 0. The number of benzene rings is 1. The molecule has 1 fully saturated rings. The van der Waals surface area contributed by atoms with Gasteiger partial charge in [0, 0.05) is 5.69 Å². The number of aliphatic hydroxyl groups excluding tert-OH is 5. The van der Waals surface area contributed by atoms with E-state index in [1.54, 1.807) is 30.3 Å². The average molecular weight is 255 g/mol. The predicted octanol–water partition coefficient (Wildman–Crippen LogP) is -1.73. The van der Waals surface area contributed by atoms with Gasteiger partial charge in [-0.15, -0.1) is 0 Å². The number of rotatable bonds is 2. The van der Waals surface area contributed by atoms with Crippen LogP contribution in [0.3, 0.4) is 0 Å². The Morgan fingerprint density at radius 1 is 0.889 bits per heavy atom. The summed E-state index contributed by atoms with van der Waals surface area (Å²) in [7, 11) is 0. The van der Waals surface area contributed by atoms with Gasteiger partial charge in [-0.2, -0.15) is 0 Å². The van der Waals surface area contributed by atoms with Gasteiger partial charge in [-0.05, 0) is 12.1 Å². The monoisotopic (exact) mass is 255 g/mol. The lowest BCUT2D eigenvalue weighted by Gasteiger charge is -2.47. The lowest BCUT2D eigenvalue weighted by Crippen LogP contribution is -2.67. The third-order valence-electron chi connectivity index (χ3n) is 3.28. The number of anilines is 1. The Bertz CT molecular complexity index is 387. The molecule has 6 heteroatoms. The molecule has 5 N–H and O–H groups in total. The molecule has 18 heavy (non-hydrogen) atoms. The summed E-state index contributed by atoms with van der Waals surface area (Å²) in [4.78, 5) is 1.31. The number of piperidine rings is 1. The minimum absolute atomic E-state index is 0.448. The topological polar surface area (TPSA) is 104 Å².